The summed E-state index contributed by atoms with van der Waals surface area (Å²) in [6, 6.07) is 0. The van der Waals surface area contributed by atoms with Gasteiger partial charge < -0.3 is 0 Å². The smallest absolute Gasteiger partial charge is 0.0550 e. The van der Waals surface area contributed by atoms with E-state index in [9.17, 15) is 0 Å². The van der Waals surface area contributed by atoms with Crippen LogP contribution in [0.3, 0.4) is 0 Å². The van der Waals surface area contributed by atoms with Gasteiger partial charge in [0.15, 0.2) is 0 Å². The molecule has 0 N–H and O–H groups in total. The highest BCUT2D eigenvalue weighted by atomic mass is 32.2. The van der Waals surface area contributed by atoms with Gasteiger partial charge in [-0.25, -0.2) is 0 Å². The van der Waals surface area contributed by atoms with E-state index in [0.29, 0.717) is 5.41 Å². The quantitative estimate of drug-likeness (QED) is 0.556. The van der Waals surface area contributed by atoms with E-state index < -0.39 is 0 Å². The second-order valence-corrected chi connectivity index (χ2v) is 6.52. The van der Waals surface area contributed by atoms with Gasteiger partial charge in [-0.1, -0.05) is 20.8 Å². The molecule has 1 fully saturated rings. The fourth-order valence-electron chi connectivity index (χ4n) is 0.988. The average Bonchev–Trinajstić information content (AvgIpc) is 1.88. The number of rotatable bonds is 0. The van der Waals surface area contributed by atoms with E-state index in [-0.39, 0.29) is 0 Å². The minimum Gasteiger partial charge on any atom is -0.147 e. The van der Waals surface area contributed by atoms with E-state index in [4.69, 9.17) is 0 Å². The highest BCUT2D eigenvalue weighted by Crippen LogP contribution is 2.41. The van der Waals surface area contributed by atoms with Crippen molar-refractivity contribution in [1.82, 2.24) is 0 Å². The minimum absolute atomic E-state index is 0.496. The average molecular weight is 176 g/mol. The van der Waals surface area contributed by atoms with Crippen molar-refractivity contribution in [2.75, 3.05) is 11.5 Å². The summed E-state index contributed by atoms with van der Waals surface area (Å²) in [6.45, 7) is 7.01. The summed E-state index contributed by atoms with van der Waals surface area (Å²) in [5, 5.41) is 0. The van der Waals surface area contributed by atoms with Crippen LogP contribution in [-0.2, 0) is 0 Å². The fourth-order valence-corrected chi connectivity index (χ4v) is 4.18. The molecule has 0 aromatic rings. The van der Waals surface area contributed by atoms with Crippen molar-refractivity contribution < 1.29 is 0 Å². The largest absolute Gasteiger partial charge is 0.147 e. The number of hydrogen-bond donors (Lipinski definition) is 0. The monoisotopic (exact) mass is 176 g/mol. The first-order valence-corrected chi connectivity index (χ1v) is 5.93. The van der Waals surface area contributed by atoms with Crippen molar-refractivity contribution in [3.63, 3.8) is 0 Å². The summed E-state index contributed by atoms with van der Waals surface area (Å²) in [5.41, 5.74) is 0.496. The van der Waals surface area contributed by atoms with Crippen LogP contribution in [0, 0.1) is 5.41 Å². The first-order chi connectivity index (χ1) is 4.61. The Balaban J connectivity index is 2.39. The third kappa shape index (κ3) is 2.39. The molecule has 10 heavy (non-hydrogen) atoms. The Morgan fingerprint density at radius 3 is 1.90 bits per heavy atom. The molecular weight excluding hydrogens is 160 g/mol. The van der Waals surface area contributed by atoms with Gasteiger partial charge in [-0.2, -0.15) is 0 Å². The molecule has 0 bridgehead atoms. The van der Waals surface area contributed by atoms with E-state index in [1.807, 2.05) is 0 Å². The van der Waals surface area contributed by atoms with Crippen LogP contribution in [0.25, 0.3) is 0 Å². The third-order valence-electron chi connectivity index (χ3n) is 1.53. The molecule has 0 unspecified atom stereocenters. The zero-order valence-corrected chi connectivity index (χ0v) is 8.65. The van der Waals surface area contributed by atoms with E-state index in [0.717, 1.165) is 4.58 Å². The Bertz CT molecular complexity index is 98.3. The van der Waals surface area contributed by atoms with Crippen molar-refractivity contribution in [3.8, 4) is 0 Å². The maximum absolute atomic E-state index is 2.34. The molecule has 0 radical (unpaired) electrons. The van der Waals surface area contributed by atoms with Crippen molar-refractivity contribution in [2.45, 2.75) is 31.8 Å². The van der Waals surface area contributed by atoms with E-state index in [1.54, 1.807) is 0 Å². The molecule has 1 rings (SSSR count). The van der Waals surface area contributed by atoms with Crippen LogP contribution in [0.4, 0.5) is 0 Å². The Hall–Kier alpha value is 0.700. The summed E-state index contributed by atoms with van der Waals surface area (Å²) in [6.07, 6.45) is 1.40. The first-order valence-electron chi connectivity index (χ1n) is 3.84. The molecule has 0 spiro atoms. The maximum atomic E-state index is 2.34. The Kier molecular flexibility index (Phi) is 2.99. The standard InChI is InChI=1S/C8H16S2/c1-8(2,3)7-9-5-4-6-10-7/h7H,4-6H2,1-3H3. The first kappa shape index (κ1) is 8.79. The molecule has 0 aromatic carbocycles. The van der Waals surface area contributed by atoms with Gasteiger partial charge in [0.1, 0.15) is 0 Å². The number of thioether (sulfide) groups is 2. The summed E-state index contributed by atoms with van der Waals surface area (Å²) in [4.78, 5) is 0. The lowest BCUT2D eigenvalue weighted by atomic mass is 10.0. The lowest BCUT2D eigenvalue weighted by Crippen LogP contribution is -2.23. The van der Waals surface area contributed by atoms with Crippen LogP contribution in [0.15, 0.2) is 0 Å². The second kappa shape index (κ2) is 3.40. The van der Waals surface area contributed by atoms with Gasteiger partial charge >= 0.3 is 0 Å². The van der Waals surface area contributed by atoms with Crippen molar-refractivity contribution in [2.24, 2.45) is 5.41 Å². The fraction of sp³-hybridized carbons (Fsp3) is 1.00. The van der Waals surface area contributed by atoms with E-state index in [1.165, 1.54) is 17.9 Å². The summed E-state index contributed by atoms with van der Waals surface area (Å²) >= 11 is 4.27. The van der Waals surface area contributed by atoms with Crippen LogP contribution in [-0.4, -0.2) is 16.1 Å². The molecule has 0 atom stereocenters. The molecule has 0 nitrogen and oxygen atoms in total. The summed E-state index contributed by atoms with van der Waals surface area (Å²) in [5.74, 6) is 2.74. The van der Waals surface area contributed by atoms with Gasteiger partial charge in [0.2, 0.25) is 0 Å². The molecule has 0 aromatic heterocycles. The highest BCUT2D eigenvalue weighted by molar-refractivity contribution is 8.17. The molecule has 0 amide bonds. The van der Waals surface area contributed by atoms with Crippen LogP contribution in [0.2, 0.25) is 0 Å². The Morgan fingerprint density at radius 1 is 1.10 bits per heavy atom. The van der Waals surface area contributed by atoms with Gasteiger partial charge in [-0.15, -0.1) is 23.5 Å². The summed E-state index contributed by atoms with van der Waals surface area (Å²) in [7, 11) is 0. The predicted molar refractivity (Wildman–Crippen MR) is 52.8 cm³/mol. The van der Waals surface area contributed by atoms with Crippen LogP contribution in [0.1, 0.15) is 27.2 Å². The van der Waals surface area contributed by atoms with Crippen molar-refractivity contribution in [3.05, 3.63) is 0 Å². The molecule has 60 valence electrons. The molecule has 0 aliphatic carbocycles. The molecular formula is C8H16S2. The molecule has 1 heterocycles. The summed E-state index contributed by atoms with van der Waals surface area (Å²) < 4.78 is 0.834. The lowest BCUT2D eigenvalue weighted by molar-refractivity contribution is 0.458. The zero-order valence-electron chi connectivity index (χ0n) is 7.02. The normalized spacial score (nSPS) is 23.1. The minimum atomic E-state index is 0.496. The van der Waals surface area contributed by atoms with Gasteiger partial charge in [-0.3, -0.25) is 0 Å². The van der Waals surface area contributed by atoms with Gasteiger partial charge in [0.05, 0.1) is 4.58 Å². The van der Waals surface area contributed by atoms with Crippen LogP contribution < -0.4 is 0 Å². The maximum Gasteiger partial charge on any atom is 0.0550 e. The van der Waals surface area contributed by atoms with E-state index >= 15 is 0 Å². The van der Waals surface area contributed by atoms with Crippen LogP contribution in [0.5, 0.6) is 0 Å². The van der Waals surface area contributed by atoms with Gasteiger partial charge in [0.25, 0.3) is 0 Å². The van der Waals surface area contributed by atoms with E-state index in [2.05, 4.69) is 44.3 Å². The Labute approximate surface area is 72.5 Å². The third-order valence-corrected chi connectivity index (χ3v) is 5.42. The zero-order chi connectivity index (χ0) is 7.61. The van der Waals surface area contributed by atoms with Gasteiger partial charge in [0, 0.05) is 0 Å². The number of hydrogen-bond acceptors (Lipinski definition) is 2. The Morgan fingerprint density at radius 2 is 1.60 bits per heavy atom. The predicted octanol–water partition coefficient (Wildman–Crippen LogP) is 3.23. The molecule has 1 aliphatic rings. The molecule has 2 heteroatoms. The van der Waals surface area contributed by atoms with Crippen LogP contribution >= 0.6 is 23.5 Å². The lowest BCUT2D eigenvalue weighted by Gasteiger charge is -2.32. The topological polar surface area (TPSA) is 0 Å². The SMILES string of the molecule is CC(C)(C)C1SCCCS1. The van der Waals surface area contributed by atoms with Crippen molar-refractivity contribution in [1.29, 1.82) is 0 Å². The molecule has 1 saturated heterocycles. The molecule has 1 aliphatic heterocycles. The van der Waals surface area contributed by atoms with Gasteiger partial charge in [-0.05, 0) is 23.3 Å². The van der Waals surface area contributed by atoms with Crippen molar-refractivity contribution >= 4 is 23.5 Å². The molecule has 0 saturated carbocycles. The highest BCUT2D eigenvalue weighted by Gasteiger charge is 2.26. The second-order valence-electron chi connectivity index (χ2n) is 3.79.